The molecule has 1 amide bonds. The first-order valence-corrected chi connectivity index (χ1v) is 6.75. The van der Waals surface area contributed by atoms with Gasteiger partial charge in [-0.15, -0.1) is 0 Å². The van der Waals surface area contributed by atoms with Crippen LogP contribution in [0.1, 0.15) is 54.5 Å². The molecule has 0 unspecified atom stereocenters. The van der Waals surface area contributed by atoms with Crippen molar-refractivity contribution in [2.45, 2.75) is 45.6 Å². The predicted molar refractivity (Wildman–Crippen MR) is 72.5 cm³/mol. The van der Waals surface area contributed by atoms with Gasteiger partial charge in [0.05, 0.1) is 17.2 Å². The Morgan fingerprint density at radius 1 is 1.40 bits per heavy atom. The summed E-state index contributed by atoms with van der Waals surface area (Å²) < 4.78 is 0. The summed E-state index contributed by atoms with van der Waals surface area (Å²) in [6.45, 7) is 5.74. The summed E-state index contributed by atoms with van der Waals surface area (Å²) in [4.78, 5) is 31.3. The molecule has 1 heterocycles. The van der Waals surface area contributed by atoms with Crippen molar-refractivity contribution in [3.63, 3.8) is 0 Å². The van der Waals surface area contributed by atoms with Gasteiger partial charge in [0.25, 0.3) is 5.91 Å². The molecule has 1 fully saturated rings. The molecule has 2 N–H and O–H groups in total. The Morgan fingerprint density at radius 2 is 2.05 bits per heavy atom. The Balaban J connectivity index is 2.05. The van der Waals surface area contributed by atoms with Gasteiger partial charge in [0.2, 0.25) is 0 Å². The van der Waals surface area contributed by atoms with Crippen LogP contribution >= 0.6 is 0 Å². The molecule has 1 saturated carbocycles. The lowest BCUT2D eigenvalue weighted by Crippen LogP contribution is -2.47. The number of aromatic nitrogens is 2. The molecule has 0 radical (unpaired) electrons. The van der Waals surface area contributed by atoms with E-state index < -0.39 is 5.97 Å². The molecule has 0 aromatic carbocycles. The largest absolute Gasteiger partial charge is 0.481 e. The number of nitrogens with zero attached hydrogens (tertiary/aromatic N) is 2. The van der Waals surface area contributed by atoms with E-state index >= 15 is 0 Å². The second kappa shape index (κ2) is 5.56. The first kappa shape index (κ1) is 14.4. The van der Waals surface area contributed by atoms with Crippen molar-refractivity contribution in [1.29, 1.82) is 0 Å². The second-order valence-electron chi connectivity index (χ2n) is 5.55. The number of aryl methyl sites for hydroxylation is 1. The van der Waals surface area contributed by atoms with Crippen LogP contribution < -0.4 is 5.32 Å². The van der Waals surface area contributed by atoms with Crippen molar-refractivity contribution in [2.24, 2.45) is 5.92 Å². The van der Waals surface area contributed by atoms with Gasteiger partial charge in [-0.05, 0) is 25.7 Å². The predicted octanol–water partition coefficient (Wildman–Crippen LogP) is 1.50. The molecule has 1 aromatic heterocycles. The maximum absolute atomic E-state index is 12.2. The number of carboxylic acid groups (broad SMARTS) is 1. The van der Waals surface area contributed by atoms with E-state index in [-0.39, 0.29) is 23.8 Å². The van der Waals surface area contributed by atoms with Gasteiger partial charge in [-0.3, -0.25) is 9.59 Å². The van der Waals surface area contributed by atoms with E-state index in [1.807, 2.05) is 13.8 Å². The quantitative estimate of drug-likeness (QED) is 0.870. The fourth-order valence-corrected chi connectivity index (χ4v) is 2.30. The van der Waals surface area contributed by atoms with Crippen LogP contribution in [0.3, 0.4) is 0 Å². The lowest BCUT2D eigenvalue weighted by atomic mass is 9.80. The fraction of sp³-hybridized carbons (Fsp3) is 0.571. The normalized spacial score (nSPS) is 21.4. The van der Waals surface area contributed by atoms with Crippen molar-refractivity contribution in [3.05, 3.63) is 23.3 Å². The van der Waals surface area contributed by atoms with E-state index in [0.29, 0.717) is 24.2 Å². The molecular weight excluding hydrogens is 258 g/mol. The maximum atomic E-state index is 12.2. The smallest absolute Gasteiger partial charge is 0.306 e. The highest BCUT2D eigenvalue weighted by Gasteiger charge is 2.35. The number of carbonyl (C=O) groups excluding carboxylic acids is 1. The number of hydrogen-bond donors (Lipinski definition) is 2. The molecule has 2 rings (SSSR count). The molecule has 0 saturated heterocycles. The number of carbonyl (C=O) groups is 2. The number of hydrogen-bond acceptors (Lipinski definition) is 4. The van der Waals surface area contributed by atoms with Gasteiger partial charge >= 0.3 is 5.97 Å². The monoisotopic (exact) mass is 277 g/mol. The third-order valence-electron chi connectivity index (χ3n) is 3.55. The van der Waals surface area contributed by atoms with Crippen LogP contribution in [-0.2, 0) is 4.79 Å². The second-order valence-corrected chi connectivity index (χ2v) is 5.55. The highest BCUT2D eigenvalue weighted by molar-refractivity contribution is 5.95. The van der Waals surface area contributed by atoms with Crippen molar-refractivity contribution in [3.8, 4) is 0 Å². The lowest BCUT2D eigenvalue weighted by molar-refractivity contribution is -0.145. The first-order valence-electron chi connectivity index (χ1n) is 6.75. The van der Waals surface area contributed by atoms with Crippen LogP contribution in [0.5, 0.6) is 0 Å². The van der Waals surface area contributed by atoms with Gasteiger partial charge in [-0.2, -0.15) is 0 Å². The SMILES string of the molecule is Cc1ncc(C(=O)NC2CC(C(=O)O)C2)c(C(C)C)n1. The zero-order valence-electron chi connectivity index (χ0n) is 11.9. The number of nitrogens with one attached hydrogen (secondary N) is 1. The minimum atomic E-state index is -0.794. The molecular formula is C14H19N3O3. The van der Waals surface area contributed by atoms with E-state index in [1.54, 1.807) is 13.1 Å². The van der Waals surface area contributed by atoms with E-state index in [0.717, 1.165) is 5.69 Å². The molecule has 0 bridgehead atoms. The van der Waals surface area contributed by atoms with Gasteiger partial charge in [0, 0.05) is 12.2 Å². The van der Waals surface area contributed by atoms with Crippen LogP contribution in [0.2, 0.25) is 0 Å². The van der Waals surface area contributed by atoms with Crippen LogP contribution in [0.25, 0.3) is 0 Å². The molecule has 20 heavy (non-hydrogen) atoms. The van der Waals surface area contributed by atoms with Gasteiger partial charge < -0.3 is 10.4 Å². The van der Waals surface area contributed by atoms with Crippen molar-refractivity contribution >= 4 is 11.9 Å². The van der Waals surface area contributed by atoms with Crippen molar-refractivity contribution in [1.82, 2.24) is 15.3 Å². The van der Waals surface area contributed by atoms with E-state index in [9.17, 15) is 9.59 Å². The summed E-state index contributed by atoms with van der Waals surface area (Å²) >= 11 is 0. The summed E-state index contributed by atoms with van der Waals surface area (Å²) in [6.07, 6.45) is 2.52. The first-order chi connectivity index (χ1) is 9.38. The van der Waals surface area contributed by atoms with Gasteiger partial charge in [-0.1, -0.05) is 13.8 Å². The summed E-state index contributed by atoms with van der Waals surface area (Å²) in [5, 5.41) is 11.7. The topological polar surface area (TPSA) is 92.2 Å². The van der Waals surface area contributed by atoms with Crippen LogP contribution in [0.15, 0.2) is 6.20 Å². The van der Waals surface area contributed by atoms with E-state index in [4.69, 9.17) is 5.11 Å². The number of aliphatic carboxylic acids is 1. The lowest BCUT2D eigenvalue weighted by Gasteiger charge is -2.33. The molecule has 0 spiro atoms. The maximum Gasteiger partial charge on any atom is 0.306 e. The Bertz CT molecular complexity index is 536. The van der Waals surface area contributed by atoms with Crippen LogP contribution in [0, 0.1) is 12.8 Å². The Hall–Kier alpha value is -1.98. The van der Waals surface area contributed by atoms with Crippen molar-refractivity contribution in [2.75, 3.05) is 0 Å². The Labute approximate surface area is 117 Å². The average molecular weight is 277 g/mol. The minimum absolute atomic E-state index is 0.0649. The fourth-order valence-electron chi connectivity index (χ4n) is 2.30. The molecule has 0 aliphatic heterocycles. The Morgan fingerprint density at radius 3 is 2.60 bits per heavy atom. The van der Waals surface area contributed by atoms with Crippen molar-refractivity contribution < 1.29 is 14.7 Å². The van der Waals surface area contributed by atoms with Gasteiger partial charge in [0.15, 0.2) is 0 Å². The number of carboxylic acids is 1. The molecule has 6 heteroatoms. The van der Waals surface area contributed by atoms with Crippen LogP contribution in [0.4, 0.5) is 0 Å². The molecule has 6 nitrogen and oxygen atoms in total. The van der Waals surface area contributed by atoms with E-state index in [1.165, 1.54) is 0 Å². The standard InChI is InChI=1S/C14H19N3O3/c1-7(2)12-11(6-15-8(3)16-12)13(18)17-10-4-9(5-10)14(19)20/h6-7,9-10H,4-5H2,1-3H3,(H,17,18)(H,19,20). The van der Waals surface area contributed by atoms with Crippen LogP contribution in [-0.4, -0.2) is 33.0 Å². The minimum Gasteiger partial charge on any atom is -0.481 e. The van der Waals surface area contributed by atoms with Gasteiger partial charge in [0.1, 0.15) is 5.82 Å². The highest BCUT2D eigenvalue weighted by atomic mass is 16.4. The zero-order chi connectivity index (χ0) is 14.9. The van der Waals surface area contributed by atoms with Gasteiger partial charge in [-0.25, -0.2) is 9.97 Å². The summed E-state index contributed by atoms with van der Waals surface area (Å²) in [5.74, 6) is -0.579. The van der Waals surface area contributed by atoms with E-state index in [2.05, 4.69) is 15.3 Å². The molecule has 1 aliphatic carbocycles. The third-order valence-corrected chi connectivity index (χ3v) is 3.55. The summed E-state index contributed by atoms with van der Waals surface area (Å²) in [6, 6.07) is -0.0649. The summed E-state index contributed by atoms with van der Waals surface area (Å²) in [5.41, 5.74) is 1.20. The molecule has 1 aliphatic rings. The Kier molecular flexibility index (Phi) is 4.01. The highest BCUT2D eigenvalue weighted by Crippen LogP contribution is 2.28. The molecule has 1 aromatic rings. The molecule has 0 atom stereocenters. The number of amides is 1. The third kappa shape index (κ3) is 2.95. The zero-order valence-corrected chi connectivity index (χ0v) is 11.9. The summed E-state index contributed by atoms with van der Waals surface area (Å²) in [7, 11) is 0. The average Bonchev–Trinajstić information content (AvgIpc) is 2.32. The molecule has 108 valence electrons. The number of rotatable bonds is 4.